The lowest BCUT2D eigenvalue weighted by atomic mass is 10.0. The van der Waals surface area contributed by atoms with Crippen molar-refractivity contribution in [3.8, 4) is 11.5 Å². The number of nitrogens with two attached hydrogens (primary N) is 1. The summed E-state index contributed by atoms with van der Waals surface area (Å²) in [7, 11) is 7.13. The van der Waals surface area contributed by atoms with Crippen LogP contribution in [0.4, 0.5) is 22.7 Å². The van der Waals surface area contributed by atoms with E-state index in [-0.39, 0.29) is 54.0 Å². The summed E-state index contributed by atoms with van der Waals surface area (Å²) in [4.78, 5) is 33.2. The Bertz CT molecular complexity index is 2700. The molecule has 17 nitrogen and oxygen atoms in total. The molecule has 4 aromatic rings. The number of methoxy groups -OCH3 is 2. The monoisotopic (exact) mass is 1090 g/mol. The standard InChI is InChI=1S/C27H40N4O4S.C14H23N3.C13H19NO5S.ClH/c1-19-16-22(8-9-25(19)31-14-10-23(11-15-31)29(4)5)28-26(32)12-13-30(6)36(33,34)27-20(2)17-24(35-7)18-21(27)3;1-11-10-12(15)4-5-14(11)17-8-6-13(7-9-17)16(2)3;1-9-7-11(19-4)8-10(2)13(9)20(17,18)14(3)6-5-12(15)16;/h8-9,16-18,23H,10-15H2,1-7H3,(H,28,32);4-5,10,13H,6-9,15H2,1-3H3;7-8H,5-6H2,1-4H3,(H,15,16);1H. The van der Waals surface area contributed by atoms with E-state index in [0.717, 1.165) is 66.3 Å². The molecule has 0 aliphatic carbocycles. The summed E-state index contributed by atoms with van der Waals surface area (Å²) in [5.41, 5.74) is 14.7. The van der Waals surface area contributed by atoms with Crippen molar-refractivity contribution < 1.29 is 41.0 Å². The largest absolute Gasteiger partial charge is 0.497 e. The highest BCUT2D eigenvalue weighted by Crippen LogP contribution is 2.31. The van der Waals surface area contributed by atoms with Gasteiger partial charge in [0.05, 0.1) is 30.4 Å². The van der Waals surface area contributed by atoms with Gasteiger partial charge in [-0.25, -0.2) is 25.4 Å². The number of piperidine rings is 2. The van der Waals surface area contributed by atoms with Gasteiger partial charge in [-0.05, 0) is 189 Å². The van der Waals surface area contributed by atoms with Gasteiger partial charge < -0.3 is 45.2 Å². The number of carboxylic acids is 1. The number of aryl methyl sites for hydroxylation is 6. The van der Waals surface area contributed by atoms with Crippen LogP contribution < -0.4 is 30.3 Å². The second-order valence-electron chi connectivity index (χ2n) is 19.7. The number of amides is 1. The van der Waals surface area contributed by atoms with E-state index in [2.05, 4.69) is 85.2 Å². The van der Waals surface area contributed by atoms with Crippen LogP contribution in [0.1, 0.15) is 71.9 Å². The molecule has 2 aliphatic heterocycles. The van der Waals surface area contributed by atoms with Gasteiger partial charge in [0.1, 0.15) is 11.5 Å². The molecule has 2 saturated heterocycles. The van der Waals surface area contributed by atoms with Crippen molar-refractivity contribution in [2.24, 2.45) is 0 Å². The zero-order valence-corrected chi connectivity index (χ0v) is 48.6. The number of hydrogen-bond donors (Lipinski definition) is 3. The zero-order chi connectivity index (χ0) is 54.5. The van der Waals surface area contributed by atoms with Crippen molar-refractivity contribution >= 4 is 67.1 Å². The number of aliphatic carboxylic acids is 1. The Hall–Kier alpha value is -5.15. The minimum absolute atomic E-state index is 0. The number of carboxylic acid groups (broad SMARTS) is 1. The van der Waals surface area contributed by atoms with Crippen LogP contribution in [-0.4, -0.2) is 160 Å². The first-order valence-corrected chi connectivity index (χ1v) is 27.6. The first-order chi connectivity index (χ1) is 34.2. The van der Waals surface area contributed by atoms with E-state index in [1.807, 2.05) is 18.2 Å². The van der Waals surface area contributed by atoms with E-state index in [1.54, 1.807) is 59.1 Å². The van der Waals surface area contributed by atoms with Crippen molar-refractivity contribution in [2.45, 2.75) is 102 Å². The lowest BCUT2D eigenvalue weighted by Crippen LogP contribution is -2.42. The number of rotatable bonds is 17. The van der Waals surface area contributed by atoms with E-state index >= 15 is 0 Å². The molecule has 0 unspecified atom stereocenters. The van der Waals surface area contributed by atoms with Crippen LogP contribution in [0, 0.1) is 41.5 Å². The zero-order valence-electron chi connectivity index (χ0n) is 46.1. The summed E-state index contributed by atoms with van der Waals surface area (Å²) in [5, 5.41) is 11.6. The number of carbonyl (C=O) groups excluding carboxylic acids is 1. The van der Waals surface area contributed by atoms with Crippen molar-refractivity contribution in [3.63, 3.8) is 0 Å². The van der Waals surface area contributed by atoms with Crippen LogP contribution in [0.25, 0.3) is 0 Å². The number of benzene rings is 4. The predicted molar refractivity (Wildman–Crippen MR) is 302 cm³/mol. The maximum atomic E-state index is 13.2. The van der Waals surface area contributed by atoms with E-state index in [9.17, 15) is 26.4 Å². The average Bonchev–Trinajstić information content (AvgIpc) is 3.32. The molecule has 6 rings (SSSR count). The van der Waals surface area contributed by atoms with Gasteiger partial charge in [0.25, 0.3) is 0 Å². The Kier molecular flexibility index (Phi) is 24.0. The second-order valence-corrected chi connectivity index (χ2v) is 23.7. The fourth-order valence-corrected chi connectivity index (χ4v) is 12.7. The molecule has 2 fully saturated rings. The summed E-state index contributed by atoms with van der Waals surface area (Å²) in [6, 6.07) is 20.2. The van der Waals surface area contributed by atoms with E-state index in [1.165, 1.54) is 55.3 Å². The molecule has 2 aliphatic rings. The van der Waals surface area contributed by atoms with E-state index < -0.39 is 26.0 Å². The molecular formula is C54H83ClN8O9S2. The second kappa shape index (κ2) is 28.1. The number of nitrogens with one attached hydrogen (secondary N) is 1. The maximum absolute atomic E-state index is 13.2. The number of halogens is 1. The molecule has 0 radical (unpaired) electrons. The Morgan fingerprint density at radius 2 is 0.959 bits per heavy atom. The van der Waals surface area contributed by atoms with Crippen molar-refractivity contribution in [3.05, 3.63) is 94.0 Å². The van der Waals surface area contributed by atoms with Crippen LogP contribution in [0.3, 0.4) is 0 Å². The molecule has 0 aromatic heterocycles. The molecule has 2 heterocycles. The molecule has 0 saturated carbocycles. The molecule has 20 heteroatoms. The summed E-state index contributed by atoms with van der Waals surface area (Å²) in [6.07, 6.45) is 4.59. The predicted octanol–water partition coefficient (Wildman–Crippen LogP) is 7.74. The molecule has 1 amide bonds. The summed E-state index contributed by atoms with van der Waals surface area (Å²) < 4.78 is 63.9. The Balaban J connectivity index is 0.000000320. The molecule has 0 bridgehead atoms. The number of carbonyl (C=O) groups is 2. The van der Waals surface area contributed by atoms with Crippen molar-refractivity contribution in [1.29, 1.82) is 0 Å². The SMILES string of the molecule is COc1cc(C)c(S(=O)(=O)N(C)CCC(=O)Nc2ccc(N3CCC(N(C)C)CC3)c(C)c2)c(C)c1.COc1cc(C)c(S(=O)(=O)N(C)CCC(=O)O)c(C)c1.Cc1cc(N)ccc1N1CCC(N(C)C)CC1.Cl. The minimum Gasteiger partial charge on any atom is -0.497 e. The van der Waals surface area contributed by atoms with Gasteiger partial charge in [0.15, 0.2) is 0 Å². The van der Waals surface area contributed by atoms with Crippen molar-refractivity contribution in [1.82, 2.24) is 18.4 Å². The third-order valence-corrected chi connectivity index (χ3v) is 18.1. The third-order valence-electron chi connectivity index (χ3n) is 13.7. The van der Waals surface area contributed by atoms with Crippen LogP contribution in [-0.2, 0) is 29.6 Å². The average molecular weight is 1090 g/mol. The first-order valence-electron chi connectivity index (χ1n) is 24.8. The highest BCUT2D eigenvalue weighted by molar-refractivity contribution is 7.89. The van der Waals surface area contributed by atoms with Crippen LogP contribution in [0.2, 0.25) is 0 Å². The van der Waals surface area contributed by atoms with Gasteiger partial charge in [-0.1, -0.05) is 0 Å². The molecule has 0 spiro atoms. The van der Waals surface area contributed by atoms with Gasteiger partial charge in [0, 0.05) is 94.6 Å². The summed E-state index contributed by atoms with van der Waals surface area (Å²) >= 11 is 0. The number of anilines is 4. The Morgan fingerprint density at radius 3 is 1.30 bits per heavy atom. The van der Waals surface area contributed by atoms with Crippen LogP contribution in [0.15, 0.2) is 70.5 Å². The van der Waals surface area contributed by atoms with E-state index in [0.29, 0.717) is 39.8 Å². The van der Waals surface area contributed by atoms with E-state index in [4.69, 9.17) is 20.3 Å². The molecule has 0 atom stereocenters. The third kappa shape index (κ3) is 16.9. The molecule has 412 valence electrons. The minimum atomic E-state index is -3.74. The van der Waals surface area contributed by atoms with Crippen LogP contribution >= 0.6 is 12.4 Å². The normalized spacial score (nSPS) is 14.5. The topological polar surface area (TPSA) is 199 Å². The van der Waals surface area contributed by atoms with Crippen molar-refractivity contribution in [2.75, 3.05) is 117 Å². The van der Waals surface area contributed by atoms with Gasteiger partial charge in [-0.15, -0.1) is 12.4 Å². The Labute approximate surface area is 448 Å². The highest BCUT2D eigenvalue weighted by atomic mass is 35.5. The number of sulfonamides is 2. The smallest absolute Gasteiger partial charge is 0.304 e. The lowest BCUT2D eigenvalue weighted by Gasteiger charge is -2.37. The number of nitrogens with zero attached hydrogens (tertiary/aromatic N) is 6. The Morgan fingerprint density at radius 1 is 0.595 bits per heavy atom. The van der Waals surface area contributed by atoms with Gasteiger partial charge in [-0.2, -0.15) is 0 Å². The quantitative estimate of drug-likeness (QED) is 0.0868. The highest BCUT2D eigenvalue weighted by Gasteiger charge is 2.28. The molecule has 74 heavy (non-hydrogen) atoms. The fourth-order valence-electron chi connectivity index (χ4n) is 9.53. The van der Waals surface area contributed by atoms with Gasteiger partial charge >= 0.3 is 5.97 Å². The first kappa shape index (κ1) is 63.1. The van der Waals surface area contributed by atoms with Crippen LogP contribution in [0.5, 0.6) is 11.5 Å². The maximum Gasteiger partial charge on any atom is 0.304 e. The van der Waals surface area contributed by atoms with Gasteiger partial charge in [-0.3, -0.25) is 9.59 Å². The fraction of sp³-hybridized carbons (Fsp3) is 0.519. The number of nitrogen functional groups attached to an aromatic ring is 1. The molecule has 4 N–H and O–H groups in total. The summed E-state index contributed by atoms with van der Waals surface area (Å²) in [5.74, 6) is -0.0492. The number of ether oxygens (including phenoxy) is 2. The molecular weight excluding hydrogens is 1000 g/mol. The summed E-state index contributed by atoms with van der Waals surface area (Å²) in [6.45, 7) is 15.4. The lowest BCUT2D eigenvalue weighted by molar-refractivity contribution is -0.137. The molecule has 4 aromatic carbocycles. The number of hydrogen-bond acceptors (Lipinski definition) is 13. The van der Waals surface area contributed by atoms with Gasteiger partial charge in [0.2, 0.25) is 26.0 Å².